The summed E-state index contributed by atoms with van der Waals surface area (Å²) in [5, 5.41) is 11.1. The van der Waals surface area contributed by atoms with Crippen molar-refractivity contribution in [1.29, 1.82) is 0 Å². The van der Waals surface area contributed by atoms with Gasteiger partial charge in [0, 0.05) is 5.92 Å². The Kier molecular flexibility index (Phi) is 4.70. The smallest absolute Gasteiger partial charge is 0.372 e. The van der Waals surface area contributed by atoms with Gasteiger partial charge in [-0.25, -0.2) is 4.98 Å². The molecule has 7 heteroatoms. The van der Waals surface area contributed by atoms with E-state index in [2.05, 4.69) is 9.97 Å². The first-order valence-electron chi connectivity index (χ1n) is 7.08. The largest absolute Gasteiger partial charge is 0.473 e. The summed E-state index contributed by atoms with van der Waals surface area (Å²) in [4.78, 5) is 18.9. The van der Waals surface area contributed by atoms with Crippen LogP contribution in [0.15, 0.2) is 0 Å². The van der Waals surface area contributed by atoms with E-state index >= 15 is 0 Å². The van der Waals surface area contributed by atoms with Crippen LogP contribution in [0.1, 0.15) is 57.2 Å². The molecular formula is C13H20N4O3. The highest BCUT2D eigenvalue weighted by Gasteiger charge is 2.27. The van der Waals surface area contributed by atoms with Crippen LogP contribution >= 0.6 is 0 Å². The van der Waals surface area contributed by atoms with Crippen LogP contribution in [0.25, 0.3) is 0 Å². The Hall–Kier alpha value is -1.92. The maximum absolute atomic E-state index is 11.1. The number of anilines is 1. The third kappa shape index (κ3) is 3.15. The summed E-state index contributed by atoms with van der Waals surface area (Å²) >= 11 is 0. The van der Waals surface area contributed by atoms with Crippen LogP contribution in [0, 0.1) is 10.1 Å². The van der Waals surface area contributed by atoms with Crippen molar-refractivity contribution in [3.63, 3.8) is 0 Å². The highest BCUT2D eigenvalue weighted by atomic mass is 16.6. The van der Waals surface area contributed by atoms with Crippen molar-refractivity contribution >= 4 is 11.5 Å². The van der Waals surface area contributed by atoms with Crippen LogP contribution in [-0.4, -0.2) is 21.5 Å². The molecule has 1 aromatic heterocycles. The molecule has 2 rings (SSSR count). The van der Waals surface area contributed by atoms with E-state index < -0.39 is 4.92 Å². The SMILES string of the molecule is CCCOc1nc(C2CCCCC2)nc(N)c1[N+](=O)[O-]. The molecule has 1 aromatic rings. The quantitative estimate of drug-likeness (QED) is 0.656. The van der Waals surface area contributed by atoms with Gasteiger partial charge in [-0.05, 0) is 19.3 Å². The van der Waals surface area contributed by atoms with Crippen LogP contribution in [0.5, 0.6) is 5.88 Å². The van der Waals surface area contributed by atoms with E-state index in [0.29, 0.717) is 12.4 Å². The van der Waals surface area contributed by atoms with E-state index in [9.17, 15) is 10.1 Å². The van der Waals surface area contributed by atoms with E-state index in [1.54, 1.807) is 0 Å². The topological polar surface area (TPSA) is 104 Å². The highest BCUT2D eigenvalue weighted by molar-refractivity contribution is 5.58. The second-order valence-electron chi connectivity index (χ2n) is 5.06. The van der Waals surface area contributed by atoms with Crippen molar-refractivity contribution in [1.82, 2.24) is 9.97 Å². The second kappa shape index (κ2) is 6.49. The normalized spacial score (nSPS) is 16.1. The number of nitrogens with two attached hydrogens (primary N) is 1. The van der Waals surface area contributed by atoms with Crippen molar-refractivity contribution in [2.24, 2.45) is 0 Å². The van der Waals surface area contributed by atoms with Crippen LogP contribution in [0.2, 0.25) is 0 Å². The standard InChI is InChI=1S/C13H20N4O3/c1-2-8-20-13-10(17(18)19)11(14)15-12(16-13)9-6-4-3-5-7-9/h9H,2-8H2,1H3,(H2,14,15,16). The maximum atomic E-state index is 11.1. The van der Waals surface area contributed by atoms with Gasteiger partial charge in [-0.1, -0.05) is 26.2 Å². The van der Waals surface area contributed by atoms with Crippen molar-refractivity contribution in [2.45, 2.75) is 51.4 Å². The minimum atomic E-state index is -0.578. The Balaban J connectivity index is 2.34. The first-order chi connectivity index (χ1) is 9.63. The number of nitro groups is 1. The summed E-state index contributed by atoms with van der Waals surface area (Å²) in [5.74, 6) is 0.719. The number of rotatable bonds is 5. The minimum absolute atomic E-state index is 0.00456. The van der Waals surface area contributed by atoms with Gasteiger partial charge in [-0.15, -0.1) is 0 Å². The van der Waals surface area contributed by atoms with Crippen molar-refractivity contribution in [2.75, 3.05) is 12.3 Å². The van der Waals surface area contributed by atoms with Crippen LogP contribution in [0.4, 0.5) is 11.5 Å². The molecule has 110 valence electrons. The van der Waals surface area contributed by atoms with Gasteiger partial charge in [0.2, 0.25) is 5.82 Å². The van der Waals surface area contributed by atoms with Gasteiger partial charge in [-0.2, -0.15) is 4.98 Å². The molecular weight excluding hydrogens is 260 g/mol. The fraction of sp³-hybridized carbons (Fsp3) is 0.692. The van der Waals surface area contributed by atoms with E-state index in [-0.39, 0.29) is 23.3 Å². The molecule has 1 saturated carbocycles. The van der Waals surface area contributed by atoms with E-state index in [0.717, 1.165) is 32.1 Å². The van der Waals surface area contributed by atoms with Gasteiger partial charge in [0.1, 0.15) is 5.82 Å². The third-order valence-corrected chi connectivity index (χ3v) is 3.49. The summed E-state index contributed by atoms with van der Waals surface area (Å²) in [6, 6.07) is 0. The summed E-state index contributed by atoms with van der Waals surface area (Å²) < 4.78 is 5.39. The number of hydrogen-bond acceptors (Lipinski definition) is 6. The van der Waals surface area contributed by atoms with E-state index in [4.69, 9.17) is 10.5 Å². The van der Waals surface area contributed by atoms with Gasteiger partial charge >= 0.3 is 5.69 Å². The van der Waals surface area contributed by atoms with Crippen molar-refractivity contribution < 1.29 is 9.66 Å². The summed E-state index contributed by atoms with van der Waals surface area (Å²) in [6.07, 6.45) is 6.25. The average Bonchev–Trinajstić information content (AvgIpc) is 2.45. The Labute approximate surface area is 117 Å². The number of aromatic nitrogens is 2. The highest BCUT2D eigenvalue weighted by Crippen LogP contribution is 2.36. The van der Waals surface area contributed by atoms with Gasteiger partial charge in [0.15, 0.2) is 0 Å². The molecule has 1 fully saturated rings. The molecule has 0 radical (unpaired) electrons. The predicted octanol–water partition coefficient (Wildman–Crippen LogP) is 2.80. The minimum Gasteiger partial charge on any atom is -0.473 e. The molecule has 1 aliphatic carbocycles. The van der Waals surface area contributed by atoms with Gasteiger partial charge in [0.05, 0.1) is 11.5 Å². The van der Waals surface area contributed by atoms with E-state index in [1.807, 2.05) is 6.92 Å². The molecule has 7 nitrogen and oxygen atoms in total. The fourth-order valence-electron chi connectivity index (χ4n) is 2.48. The lowest BCUT2D eigenvalue weighted by molar-refractivity contribution is -0.385. The molecule has 1 heterocycles. The second-order valence-corrected chi connectivity index (χ2v) is 5.06. The molecule has 0 saturated heterocycles. The fourth-order valence-corrected chi connectivity index (χ4v) is 2.48. The number of ether oxygens (including phenoxy) is 1. The summed E-state index contributed by atoms with van der Waals surface area (Å²) in [7, 11) is 0. The molecule has 0 atom stereocenters. The Morgan fingerprint density at radius 3 is 2.65 bits per heavy atom. The number of hydrogen-bond donors (Lipinski definition) is 1. The zero-order valence-electron chi connectivity index (χ0n) is 11.7. The van der Waals surface area contributed by atoms with Crippen molar-refractivity contribution in [3.8, 4) is 5.88 Å². The first-order valence-corrected chi connectivity index (χ1v) is 7.08. The van der Waals surface area contributed by atoms with Crippen molar-refractivity contribution in [3.05, 3.63) is 15.9 Å². The predicted molar refractivity (Wildman–Crippen MR) is 74.7 cm³/mol. The lowest BCUT2D eigenvalue weighted by atomic mass is 9.89. The number of nitrogen functional groups attached to an aromatic ring is 1. The van der Waals surface area contributed by atoms with Crippen LogP contribution < -0.4 is 10.5 Å². The Morgan fingerprint density at radius 2 is 2.05 bits per heavy atom. The van der Waals surface area contributed by atoms with Gasteiger partial charge in [0.25, 0.3) is 5.88 Å². The Bertz CT molecular complexity index is 487. The molecule has 0 aromatic carbocycles. The maximum Gasteiger partial charge on any atom is 0.372 e. The van der Waals surface area contributed by atoms with Gasteiger partial charge < -0.3 is 10.5 Å². The molecule has 0 amide bonds. The molecule has 0 aliphatic heterocycles. The zero-order chi connectivity index (χ0) is 14.5. The number of nitrogens with zero attached hydrogens (tertiary/aromatic N) is 3. The van der Waals surface area contributed by atoms with Gasteiger partial charge in [-0.3, -0.25) is 10.1 Å². The molecule has 0 unspecified atom stereocenters. The first kappa shape index (κ1) is 14.5. The molecule has 0 spiro atoms. The molecule has 1 aliphatic rings. The zero-order valence-corrected chi connectivity index (χ0v) is 11.7. The molecule has 0 bridgehead atoms. The lowest BCUT2D eigenvalue weighted by Gasteiger charge is -2.20. The molecule has 20 heavy (non-hydrogen) atoms. The average molecular weight is 280 g/mol. The Morgan fingerprint density at radius 1 is 1.35 bits per heavy atom. The van der Waals surface area contributed by atoms with E-state index in [1.165, 1.54) is 6.42 Å². The van der Waals surface area contributed by atoms with Crippen LogP contribution in [0.3, 0.4) is 0 Å². The monoisotopic (exact) mass is 280 g/mol. The third-order valence-electron chi connectivity index (χ3n) is 3.49. The molecule has 2 N–H and O–H groups in total. The lowest BCUT2D eigenvalue weighted by Crippen LogP contribution is -2.13. The van der Waals surface area contributed by atoms with Crippen LogP contribution in [-0.2, 0) is 0 Å². The summed E-state index contributed by atoms with van der Waals surface area (Å²) in [6.45, 7) is 2.31. The summed E-state index contributed by atoms with van der Waals surface area (Å²) in [5.41, 5.74) is 5.41.